The number of pyridine rings is 1. The van der Waals surface area contributed by atoms with Crippen molar-refractivity contribution in [3.63, 3.8) is 0 Å². The van der Waals surface area contributed by atoms with Gasteiger partial charge < -0.3 is 21.6 Å². The van der Waals surface area contributed by atoms with Gasteiger partial charge in [0, 0.05) is 21.3 Å². The van der Waals surface area contributed by atoms with Crippen LogP contribution in [0.15, 0.2) is 59.8 Å². The number of amidine groups is 1. The molecule has 4 aromatic rings. The fourth-order valence-electron chi connectivity index (χ4n) is 3.54. The van der Waals surface area contributed by atoms with Gasteiger partial charge in [0.1, 0.15) is 5.82 Å². The number of hydrogen-bond donors (Lipinski definition) is 4. The van der Waals surface area contributed by atoms with Crippen LogP contribution in [0.3, 0.4) is 0 Å². The lowest BCUT2D eigenvalue weighted by molar-refractivity contribution is 0.289. The van der Waals surface area contributed by atoms with Crippen LogP contribution in [-0.4, -0.2) is 31.0 Å². The number of anilines is 2. The molecule has 8 nitrogen and oxygen atoms in total. The molecule has 2 heterocycles. The maximum atomic E-state index is 14.9. The molecule has 0 bridgehead atoms. The second kappa shape index (κ2) is 10.6. The molecule has 2 aromatic heterocycles. The Morgan fingerprint density at radius 3 is 2.71 bits per heavy atom. The normalized spacial score (nSPS) is 11.7. The van der Waals surface area contributed by atoms with E-state index in [1.807, 2.05) is 30.3 Å². The summed E-state index contributed by atoms with van der Waals surface area (Å²) in [6.07, 6.45) is 2.26. The molecular weight excluding hydrogens is 472 g/mol. The second-order valence-electron chi connectivity index (χ2n) is 7.64. The van der Waals surface area contributed by atoms with Crippen LogP contribution in [0.1, 0.15) is 12.0 Å². The molecule has 35 heavy (non-hydrogen) atoms. The highest BCUT2D eigenvalue weighted by atomic mass is 32.1. The summed E-state index contributed by atoms with van der Waals surface area (Å²) in [7, 11) is 1.79. The summed E-state index contributed by atoms with van der Waals surface area (Å²) in [4.78, 5) is 5.19. The van der Waals surface area contributed by atoms with Crippen molar-refractivity contribution in [3.05, 3.63) is 71.9 Å². The minimum absolute atomic E-state index is 0.0832. The van der Waals surface area contributed by atoms with Crippen LogP contribution in [0.2, 0.25) is 0 Å². The van der Waals surface area contributed by atoms with Crippen molar-refractivity contribution in [2.75, 3.05) is 30.9 Å². The van der Waals surface area contributed by atoms with Gasteiger partial charge in [0.15, 0.2) is 17.4 Å². The largest absolute Gasteiger partial charge is 0.490 e. The zero-order chi connectivity index (χ0) is 24.9. The zero-order valence-electron chi connectivity index (χ0n) is 19.0. The Morgan fingerprint density at radius 1 is 1.17 bits per heavy atom. The minimum atomic E-state index is -1.20. The predicted molar refractivity (Wildman–Crippen MR) is 137 cm³/mol. The number of fused-ring (bicyclic) bond motifs is 1. The lowest BCUT2D eigenvalue weighted by atomic mass is 10.1. The fraction of sp³-hybridized carbons (Fsp3) is 0.167. The number of nitrogens with zero attached hydrogens (tertiary/aromatic N) is 3. The number of rotatable bonds is 8. The standard InChI is InChI=1S/C24H25F2N7OS/c1-30-9-4-10-34-18-8-7-17(21(25)22(18)26)33(29)24(32-28)16-11-15(13-31-23(16)27)20-12-14-5-2-3-6-19(14)35-20/h2-3,5-8,11-13,30H,4,9-10,28-29H2,1H3,(H2,27,31)/b32-24-. The van der Waals surface area contributed by atoms with Gasteiger partial charge in [-0.25, -0.2) is 15.2 Å². The number of aromatic nitrogens is 1. The molecule has 0 aliphatic heterocycles. The molecule has 0 atom stereocenters. The molecule has 2 aromatic carbocycles. The lowest BCUT2D eigenvalue weighted by Crippen LogP contribution is -2.40. The monoisotopic (exact) mass is 497 g/mol. The molecule has 0 radical (unpaired) electrons. The Kier molecular flexibility index (Phi) is 7.39. The number of hydrazone groups is 1. The maximum absolute atomic E-state index is 14.9. The summed E-state index contributed by atoms with van der Waals surface area (Å²) >= 11 is 1.58. The number of nitrogens with two attached hydrogens (primary N) is 3. The van der Waals surface area contributed by atoms with Gasteiger partial charge in [-0.3, -0.25) is 5.01 Å². The Hall–Kier alpha value is -3.80. The van der Waals surface area contributed by atoms with E-state index < -0.39 is 11.6 Å². The van der Waals surface area contributed by atoms with Gasteiger partial charge in [-0.15, -0.1) is 11.3 Å². The van der Waals surface area contributed by atoms with E-state index in [1.165, 1.54) is 12.1 Å². The van der Waals surface area contributed by atoms with Gasteiger partial charge in [0.25, 0.3) is 0 Å². The van der Waals surface area contributed by atoms with Crippen molar-refractivity contribution in [1.82, 2.24) is 10.3 Å². The highest BCUT2D eigenvalue weighted by molar-refractivity contribution is 7.22. The Morgan fingerprint density at radius 2 is 1.97 bits per heavy atom. The number of benzene rings is 2. The SMILES string of the molecule is CNCCCOc1ccc(N(N)/C(=N\N)c2cc(-c3cc4ccccc4s3)cnc2N)c(F)c1F. The molecule has 4 rings (SSSR count). The van der Waals surface area contributed by atoms with E-state index in [4.69, 9.17) is 22.2 Å². The van der Waals surface area contributed by atoms with E-state index in [0.29, 0.717) is 13.0 Å². The van der Waals surface area contributed by atoms with Crippen LogP contribution < -0.4 is 32.5 Å². The Bertz CT molecular complexity index is 1340. The fourth-order valence-corrected chi connectivity index (χ4v) is 4.58. The molecule has 0 aliphatic rings. The smallest absolute Gasteiger partial charge is 0.202 e. The molecule has 11 heteroatoms. The number of nitrogen functional groups attached to an aromatic ring is 1. The van der Waals surface area contributed by atoms with Crippen LogP contribution in [0.5, 0.6) is 5.75 Å². The third-order valence-corrected chi connectivity index (χ3v) is 6.50. The van der Waals surface area contributed by atoms with Crippen LogP contribution in [0, 0.1) is 11.6 Å². The first-order valence-electron chi connectivity index (χ1n) is 10.8. The van der Waals surface area contributed by atoms with E-state index in [-0.39, 0.29) is 35.3 Å². The quantitative estimate of drug-likeness (QED) is 0.0958. The first kappa shape index (κ1) is 24.3. The molecule has 0 spiro atoms. The van der Waals surface area contributed by atoms with E-state index in [2.05, 4.69) is 15.4 Å². The number of hydrazine groups is 1. The first-order chi connectivity index (χ1) is 16.9. The Balaban J connectivity index is 1.64. The highest BCUT2D eigenvalue weighted by Crippen LogP contribution is 2.35. The first-order valence-corrected chi connectivity index (χ1v) is 11.6. The summed E-state index contributed by atoms with van der Waals surface area (Å²) in [5, 5.41) is 8.59. The molecule has 0 fully saturated rings. The van der Waals surface area contributed by atoms with Crippen molar-refractivity contribution in [2.24, 2.45) is 16.8 Å². The maximum Gasteiger partial charge on any atom is 0.202 e. The van der Waals surface area contributed by atoms with Crippen molar-refractivity contribution >= 4 is 38.8 Å². The Labute approximate surface area is 205 Å². The topological polar surface area (TPSA) is 128 Å². The van der Waals surface area contributed by atoms with Gasteiger partial charge in [-0.2, -0.15) is 9.49 Å². The summed E-state index contributed by atoms with van der Waals surface area (Å²) in [5.74, 6) is 9.18. The summed E-state index contributed by atoms with van der Waals surface area (Å²) in [6, 6.07) is 14.3. The summed E-state index contributed by atoms with van der Waals surface area (Å²) < 4.78 is 36.0. The molecule has 0 saturated carbocycles. The van der Waals surface area contributed by atoms with Crippen LogP contribution >= 0.6 is 11.3 Å². The number of thiophene rings is 1. The number of nitrogens with one attached hydrogen (secondary N) is 1. The highest BCUT2D eigenvalue weighted by Gasteiger charge is 2.23. The van der Waals surface area contributed by atoms with Crippen LogP contribution in [0.25, 0.3) is 20.5 Å². The third kappa shape index (κ3) is 5.02. The molecule has 0 amide bonds. The predicted octanol–water partition coefficient (Wildman–Crippen LogP) is 3.81. The lowest BCUT2D eigenvalue weighted by Gasteiger charge is -2.22. The number of ether oxygens (including phenoxy) is 1. The molecule has 0 saturated heterocycles. The molecule has 0 aliphatic carbocycles. The summed E-state index contributed by atoms with van der Waals surface area (Å²) in [5.41, 5.74) is 6.82. The second-order valence-corrected chi connectivity index (χ2v) is 8.73. The van der Waals surface area contributed by atoms with E-state index in [0.717, 1.165) is 25.5 Å². The number of halogens is 2. The van der Waals surface area contributed by atoms with E-state index in [9.17, 15) is 8.78 Å². The molecule has 7 N–H and O–H groups in total. The minimum Gasteiger partial charge on any atom is -0.490 e. The van der Waals surface area contributed by atoms with Crippen LogP contribution in [0.4, 0.5) is 20.3 Å². The van der Waals surface area contributed by atoms with Gasteiger partial charge in [-0.05, 0) is 55.7 Å². The molecule has 182 valence electrons. The van der Waals surface area contributed by atoms with Crippen molar-refractivity contribution in [2.45, 2.75) is 6.42 Å². The van der Waals surface area contributed by atoms with Crippen molar-refractivity contribution in [3.8, 4) is 16.2 Å². The average Bonchev–Trinajstić information content (AvgIpc) is 3.30. The zero-order valence-corrected chi connectivity index (χ0v) is 19.8. The molecule has 0 unspecified atom stereocenters. The van der Waals surface area contributed by atoms with Gasteiger partial charge in [0.05, 0.1) is 17.9 Å². The third-order valence-electron chi connectivity index (χ3n) is 5.33. The van der Waals surface area contributed by atoms with Crippen LogP contribution in [-0.2, 0) is 0 Å². The molecular formula is C24H25F2N7OS. The van der Waals surface area contributed by atoms with E-state index >= 15 is 0 Å². The average molecular weight is 498 g/mol. The van der Waals surface area contributed by atoms with Crippen molar-refractivity contribution < 1.29 is 13.5 Å². The van der Waals surface area contributed by atoms with Crippen molar-refractivity contribution in [1.29, 1.82) is 0 Å². The van der Waals surface area contributed by atoms with Gasteiger partial charge in [0.2, 0.25) is 5.82 Å². The van der Waals surface area contributed by atoms with Gasteiger partial charge >= 0.3 is 0 Å². The van der Waals surface area contributed by atoms with E-state index in [1.54, 1.807) is 30.6 Å². The van der Waals surface area contributed by atoms with Gasteiger partial charge in [-0.1, -0.05) is 18.2 Å². The number of hydrogen-bond acceptors (Lipinski definition) is 8. The summed E-state index contributed by atoms with van der Waals surface area (Å²) in [6.45, 7) is 0.913.